The molecule has 4 aliphatic carbocycles. The number of carbonyl (C=O) groups excluding carboxylic acids is 1. The average molecular weight is 347 g/mol. The van der Waals surface area contributed by atoms with Crippen molar-refractivity contribution in [3.05, 3.63) is 11.6 Å². The molecule has 0 unspecified atom stereocenters. The number of ether oxygens (including phenoxy) is 1. The van der Waals surface area contributed by atoms with Gasteiger partial charge in [-0.3, -0.25) is 4.79 Å². The number of allylic oxidation sites excluding steroid dienone is 1. The molecule has 0 amide bonds. The van der Waals surface area contributed by atoms with Gasteiger partial charge in [0, 0.05) is 18.9 Å². The molecule has 0 aromatic carbocycles. The highest BCUT2D eigenvalue weighted by Gasteiger charge is 2.66. The summed E-state index contributed by atoms with van der Waals surface area (Å²) in [4.78, 5) is 11.9. The quantitative estimate of drug-likeness (QED) is 0.592. The van der Waals surface area contributed by atoms with Gasteiger partial charge >= 0.3 is 5.97 Å². The summed E-state index contributed by atoms with van der Waals surface area (Å²) in [5.74, 6) is 1.54. The highest BCUT2D eigenvalue weighted by molar-refractivity contribution is 5.66. The van der Waals surface area contributed by atoms with Crippen molar-refractivity contribution in [2.24, 2.45) is 34.0 Å². The van der Waals surface area contributed by atoms with E-state index in [9.17, 15) is 9.90 Å². The average Bonchev–Trinajstić information content (AvgIpc) is 2.79. The highest BCUT2D eigenvalue weighted by Crippen LogP contribution is 2.71. The molecule has 25 heavy (non-hydrogen) atoms. The Morgan fingerprint density at radius 2 is 2.04 bits per heavy atom. The van der Waals surface area contributed by atoms with Crippen LogP contribution in [-0.2, 0) is 9.53 Å². The molecule has 0 aliphatic heterocycles. The second kappa shape index (κ2) is 5.58. The Morgan fingerprint density at radius 3 is 2.72 bits per heavy atom. The van der Waals surface area contributed by atoms with Crippen molar-refractivity contribution in [3.63, 3.8) is 0 Å². The number of hydrogen-bond donors (Lipinski definition) is 1. The highest BCUT2D eigenvalue weighted by atomic mass is 16.5. The van der Waals surface area contributed by atoms with Gasteiger partial charge in [-0.05, 0) is 74.0 Å². The number of rotatable bonds is 2. The number of esters is 1. The summed E-state index contributed by atoms with van der Waals surface area (Å²) in [6, 6.07) is 0. The summed E-state index contributed by atoms with van der Waals surface area (Å²) >= 11 is 0. The van der Waals surface area contributed by atoms with Crippen molar-refractivity contribution in [3.8, 4) is 0 Å². The van der Waals surface area contributed by atoms with E-state index < -0.39 is 0 Å². The number of hydrogen-bond acceptors (Lipinski definition) is 3. The van der Waals surface area contributed by atoms with Crippen LogP contribution in [0.15, 0.2) is 11.6 Å². The fraction of sp³-hybridized carbons (Fsp3) is 0.864. The summed E-state index contributed by atoms with van der Waals surface area (Å²) < 4.78 is 6.00. The van der Waals surface area contributed by atoms with Gasteiger partial charge in [0.1, 0.15) is 6.10 Å². The van der Waals surface area contributed by atoms with Crippen LogP contribution >= 0.6 is 0 Å². The van der Waals surface area contributed by atoms with Crippen LogP contribution in [0.4, 0.5) is 0 Å². The maximum absolute atomic E-state index is 11.9. The molecule has 1 spiro atoms. The number of carbonyl (C=O) groups is 1. The van der Waals surface area contributed by atoms with Crippen LogP contribution in [0.1, 0.15) is 72.6 Å². The monoisotopic (exact) mass is 346 g/mol. The first-order chi connectivity index (χ1) is 11.7. The molecule has 3 nitrogen and oxygen atoms in total. The van der Waals surface area contributed by atoms with Gasteiger partial charge in [-0.25, -0.2) is 0 Å². The minimum atomic E-state index is -0.150. The lowest BCUT2D eigenvalue weighted by Crippen LogP contribution is -2.62. The molecule has 2 bridgehead atoms. The molecule has 4 aliphatic rings. The fourth-order valence-electron chi connectivity index (χ4n) is 7.76. The summed E-state index contributed by atoms with van der Waals surface area (Å²) in [5.41, 5.74) is 1.76. The van der Waals surface area contributed by atoms with Gasteiger partial charge in [0.2, 0.25) is 0 Å². The van der Waals surface area contributed by atoms with E-state index in [0.717, 1.165) is 12.8 Å². The van der Waals surface area contributed by atoms with Crippen LogP contribution in [0.25, 0.3) is 0 Å². The third kappa shape index (κ3) is 2.30. The smallest absolute Gasteiger partial charge is 0.302 e. The molecule has 7 atom stereocenters. The van der Waals surface area contributed by atoms with E-state index >= 15 is 0 Å². The normalized spacial score (nSPS) is 51.3. The number of aliphatic hydroxyl groups excluding tert-OH is 1. The van der Waals surface area contributed by atoms with E-state index in [0.29, 0.717) is 17.8 Å². The second-order valence-corrected chi connectivity index (χ2v) is 10.1. The SMILES string of the molecule is CC(=O)O[C@@H]1C[C@@H]2[C@@](C)(CO)CCC[C@@]2(C)[C@@H]2CC[C@@H]3C[C@]12C=C3C. The Bertz CT molecular complexity index is 610. The maximum atomic E-state index is 11.9. The lowest BCUT2D eigenvalue weighted by atomic mass is 9.40. The van der Waals surface area contributed by atoms with Crippen molar-refractivity contribution in [2.75, 3.05) is 6.61 Å². The van der Waals surface area contributed by atoms with Gasteiger partial charge in [0.05, 0.1) is 0 Å². The van der Waals surface area contributed by atoms with Gasteiger partial charge in [-0.2, -0.15) is 0 Å². The first-order valence-corrected chi connectivity index (χ1v) is 10.2. The Hall–Kier alpha value is -0.830. The molecule has 1 N–H and O–H groups in total. The van der Waals surface area contributed by atoms with E-state index in [1.165, 1.54) is 37.7 Å². The predicted octanol–water partition coefficient (Wildman–Crippen LogP) is 4.49. The molecule has 4 rings (SSSR count). The topological polar surface area (TPSA) is 46.5 Å². The third-order valence-corrected chi connectivity index (χ3v) is 8.81. The third-order valence-electron chi connectivity index (χ3n) is 8.81. The standard InChI is InChI=1S/C22H34O3/c1-14-11-22-12-16(14)6-7-17(22)21(4)9-5-8-20(3,13-23)18(21)10-19(22)25-15(2)24/h11,16-19,23H,5-10,12-13H2,1-4H3/t16-,17+,18-,19-,20-,21+,22+/m1/s1. The maximum Gasteiger partial charge on any atom is 0.302 e. The van der Waals surface area contributed by atoms with Crippen molar-refractivity contribution in [1.82, 2.24) is 0 Å². The van der Waals surface area contributed by atoms with E-state index in [2.05, 4.69) is 26.8 Å². The number of aliphatic hydroxyl groups is 1. The fourth-order valence-corrected chi connectivity index (χ4v) is 7.76. The van der Waals surface area contributed by atoms with Gasteiger partial charge in [-0.1, -0.05) is 31.9 Å². The molecule has 3 saturated carbocycles. The molecule has 0 heterocycles. The van der Waals surface area contributed by atoms with E-state index in [1.807, 2.05) is 0 Å². The molecule has 3 fully saturated rings. The van der Waals surface area contributed by atoms with Gasteiger partial charge in [-0.15, -0.1) is 0 Å². The van der Waals surface area contributed by atoms with Crippen molar-refractivity contribution in [2.45, 2.75) is 78.7 Å². The molecule has 0 saturated heterocycles. The van der Waals surface area contributed by atoms with Crippen LogP contribution in [-0.4, -0.2) is 23.8 Å². The molecule has 3 heteroatoms. The molecule has 0 aromatic rings. The summed E-state index contributed by atoms with van der Waals surface area (Å²) in [6.07, 6.45) is 10.6. The molecule has 140 valence electrons. The van der Waals surface area contributed by atoms with Crippen LogP contribution in [0, 0.1) is 34.0 Å². The minimum absolute atomic E-state index is 0.0164. The zero-order valence-corrected chi connectivity index (χ0v) is 16.3. The summed E-state index contributed by atoms with van der Waals surface area (Å²) in [7, 11) is 0. The Labute approximate surface area is 152 Å². The Kier molecular flexibility index (Phi) is 3.92. The van der Waals surface area contributed by atoms with Crippen LogP contribution < -0.4 is 0 Å². The molecular formula is C22H34O3. The zero-order chi connectivity index (χ0) is 18.0. The lowest BCUT2D eigenvalue weighted by Gasteiger charge is -2.65. The van der Waals surface area contributed by atoms with Crippen LogP contribution in [0.2, 0.25) is 0 Å². The Morgan fingerprint density at radius 1 is 1.28 bits per heavy atom. The van der Waals surface area contributed by atoms with Crippen LogP contribution in [0.5, 0.6) is 0 Å². The lowest BCUT2D eigenvalue weighted by molar-refractivity contribution is -0.208. The van der Waals surface area contributed by atoms with Crippen molar-refractivity contribution < 1.29 is 14.6 Å². The molecule has 0 aromatic heterocycles. The predicted molar refractivity (Wildman–Crippen MR) is 97.8 cm³/mol. The zero-order valence-electron chi connectivity index (χ0n) is 16.3. The summed E-state index contributed by atoms with van der Waals surface area (Å²) in [5, 5.41) is 10.2. The first-order valence-electron chi connectivity index (χ1n) is 10.2. The molecular weight excluding hydrogens is 312 g/mol. The first kappa shape index (κ1) is 17.6. The van der Waals surface area contributed by atoms with E-state index in [1.54, 1.807) is 6.92 Å². The van der Waals surface area contributed by atoms with Gasteiger partial charge in [0.25, 0.3) is 0 Å². The van der Waals surface area contributed by atoms with Crippen LogP contribution in [0.3, 0.4) is 0 Å². The summed E-state index contributed by atoms with van der Waals surface area (Å²) in [6.45, 7) is 8.83. The molecule has 0 radical (unpaired) electrons. The van der Waals surface area contributed by atoms with Crippen molar-refractivity contribution >= 4 is 5.97 Å². The van der Waals surface area contributed by atoms with Crippen molar-refractivity contribution in [1.29, 1.82) is 0 Å². The minimum Gasteiger partial charge on any atom is -0.462 e. The van der Waals surface area contributed by atoms with E-state index in [-0.39, 0.29) is 34.9 Å². The second-order valence-electron chi connectivity index (χ2n) is 10.1. The van der Waals surface area contributed by atoms with E-state index in [4.69, 9.17) is 4.74 Å². The number of fused-ring (bicyclic) bond motifs is 3. The van der Waals surface area contributed by atoms with Gasteiger partial charge < -0.3 is 9.84 Å². The van der Waals surface area contributed by atoms with Gasteiger partial charge in [0.15, 0.2) is 0 Å². The Balaban J connectivity index is 1.81. The largest absolute Gasteiger partial charge is 0.462 e.